The molecule has 2 rings (SSSR count). The van der Waals surface area contributed by atoms with Crippen LogP contribution in [0, 0.1) is 0 Å². The van der Waals surface area contributed by atoms with E-state index >= 15 is 0 Å². The second kappa shape index (κ2) is 18.6. The van der Waals surface area contributed by atoms with Crippen LogP contribution < -0.4 is 20.1 Å². The third-order valence-electron chi connectivity index (χ3n) is 4.54. The molecule has 0 bridgehead atoms. The molecule has 2 N–H and O–H groups in total. The standard InChI is InChI=1S/C23H34N2O2S.2ClH/c1-26-22-10-9-21(19-23(22)27-2)12-15-25-16-18-28-17-6-13-24-14-11-20-7-4-3-5-8-20;;/h3-5,7-10,19,24-25H,6,11-18H2,1-2H3;2*1H. The fourth-order valence-electron chi connectivity index (χ4n) is 2.94. The molecule has 0 aliphatic heterocycles. The number of ether oxygens (including phenoxy) is 2. The van der Waals surface area contributed by atoms with E-state index in [4.69, 9.17) is 9.47 Å². The summed E-state index contributed by atoms with van der Waals surface area (Å²) in [4.78, 5) is 0. The minimum Gasteiger partial charge on any atom is -0.493 e. The lowest BCUT2D eigenvalue weighted by molar-refractivity contribution is 0.354. The van der Waals surface area contributed by atoms with Crippen LogP contribution in [0.15, 0.2) is 48.5 Å². The number of hydrogen-bond acceptors (Lipinski definition) is 5. The first-order chi connectivity index (χ1) is 13.8. The van der Waals surface area contributed by atoms with E-state index in [2.05, 4.69) is 53.1 Å². The maximum Gasteiger partial charge on any atom is 0.160 e. The number of rotatable bonds is 15. The zero-order valence-corrected chi connectivity index (χ0v) is 20.5. The highest BCUT2D eigenvalue weighted by Crippen LogP contribution is 2.27. The van der Waals surface area contributed by atoms with Gasteiger partial charge in [-0.25, -0.2) is 0 Å². The number of halogens is 2. The normalized spacial score (nSPS) is 10.1. The summed E-state index contributed by atoms with van der Waals surface area (Å²) in [7, 11) is 3.34. The quantitative estimate of drug-likeness (QED) is 0.368. The number of methoxy groups -OCH3 is 2. The molecule has 2 aromatic rings. The molecule has 0 saturated carbocycles. The molecule has 170 valence electrons. The van der Waals surface area contributed by atoms with Crippen LogP contribution in [0.2, 0.25) is 0 Å². The SMILES string of the molecule is COc1ccc(CCNCCSCCCNCCc2ccccc2)cc1OC.Cl.Cl. The molecule has 4 nitrogen and oxygen atoms in total. The molecule has 2 aromatic carbocycles. The Bertz CT molecular complexity index is 663. The number of hydrogen-bond donors (Lipinski definition) is 2. The van der Waals surface area contributed by atoms with Crippen LogP contribution in [0.25, 0.3) is 0 Å². The molecule has 0 radical (unpaired) electrons. The molecule has 30 heavy (non-hydrogen) atoms. The molecule has 0 amide bonds. The van der Waals surface area contributed by atoms with E-state index in [-0.39, 0.29) is 24.8 Å². The smallest absolute Gasteiger partial charge is 0.160 e. The first-order valence-electron chi connectivity index (χ1n) is 10.1. The summed E-state index contributed by atoms with van der Waals surface area (Å²) in [5.74, 6) is 3.96. The lowest BCUT2D eigenvalue weighted by Crippen LogP contribution is -2.21. The van der Waals surface area contributed by atoms with Crippen molar-refractivity contribution in [2.45, 2.75) is 19.3 Å². The summed E-state index contributed by atoms with van der Waals surface area (Å²) in [5, 5.41) is 7.05. The van der Waals surface area contributed by atoms with Gasteiger partial charge in [0.1, 0.15) is 0 Å². The van der Waals surface area contributed by atoms with Crippen molar-refractivity contribution < 1.29 is 9.47 Å². The minimum absolute atomic E-state index is 0. The van der Waals surface area contributed by atoms with Crippen molar-refractivity contribution in [3.05, 3.63) is 59.7 Å². The fraction of sp³-hybridized carbons (Fsp3) is 0.478. The van der Waals surface area contributed by atoms with Gasteiger partial charge in [0.05, 0.1) is 14.2 Å². The van der Waals surface area contributed by atoms with Gasteiger partial charge in [0.15, 0.2) is 11.5 Å². The summed E-state index contributed by atoms with van der Waals surface area (Å²) in [6.45, 7) is 4.20. The van der Waals surface area contributed by atoms with Crippen molar-refractivity contribution in [1.29, 1.82) is 0 Å². The molecule has 0 aliphatic carbocycles. The van der Waals surface area contributed by atoms with Gasteiger partial charge in [0, 0.05) is 12.3 Å². The van der Waals surface area contributed by atoms with E-state index in [9.17, 15) is 0 Å². The Balaban J connectivity index is 0.00000420. The van der Waals surface area contributed by atoms with E-state index < -0.39 is 0 Å². The summed E-state index contributed by atoms with van der Waals surface area (Å²) in [6, 6.07) is 16.8. The molecular formula is C23H36Cl2N2O2S. The highest BCUT2D eigenvalue weighted by molar-refractivity contribution is 7.99. The lowest BCUT2D eigenvalue weighted by atomic mass is 10.1. The maximum absolute atomic E-state index is 5.35. The number of nitrogens with one attached hydrogen (secondary N) is 2. The third kappa shape index (κ3) is 11.9. The first kappa shape index (κ1) is 28.9. The van der Waals surface area contributed by atoms with Gasteiger partial charge < -0.3 is 20.1 Å². The Kier molecular flexibility index (Phi) is 18.0. The van der Waals surface area contributed by atoms with Gasteiger partial charge in [0.25, 0.3) is 0 Å². The van der Waals surface area contributed by atoms with Crippen molar-refractivity contribution in [3.8, 4) is 11.5 Å². The van der Waals surface area contributed by atoms with E-state index in [0.717, 1.165) is 56.3 Å². The lowest BCUT2D eigenvalue weighted by Gasteiger charge is -2.10. The number of benzene rings is 2. The summed E-state index contributed by atoms with van der Waals surface area (Å²) >= 11 is 2.03. The van der Waals surface area contributed by atoms with E-state index in [1.54, 1.807) is 14.2 Å². The average molecular weight is 476 g/mol. The highest BCUT2D eigenvalue weighted by Gasteiger charge is 2.04. The zero-order chi connectivity index (χ0) is 19.9. The van der Waals surface area contributed by atoms with Crippen LogP contribution in [-0.4, -0.2) is 51.9 Å². The molecular weight excluding hydrogens is 439 g/mol. The fourth-order valence-corrected chi connectivity index (χ4v) is 3.78. The van der Waals surface area contributed by atoms with E-state index in [1.165, 1.54) is 23.3 Å². The van der Waals surface area contributed by atoms with Crippen molar-refractivity contribution >= 4 is 36.6 Å². The predicted molar refractivity (Wildman–Crippen MR) is 136 cm³/mol. The monoisotopic (exact) mass is 474 g/mol. The van der Waals surface area contributed by atoms with Crippen LogP contribution in [0.4, 0.5) is 0 Å². The molecule has 0 aliphatic rings. The summed E-state index contributed by atoms with van der Waals surface area (Å²) in [5.41, 5.74) is 2.67. The Labute approximate surface area is 198 Å². The maximum atomic E-state index is 5.35. The molecule has 0 spiro atoms. The Morgan fingerprint density at radius 2 is 1.37 bits per heavy atom. The van der Waals surface area contributed by atoms with Crippen LogP contribution >= 0.6 is 36.6 Å². The van der Waals surface area contributed by atoms with Gasteiger partial charge in [-0.15, -0.1) is 24.8 Å². The third-order valence-corrected chi connectivity index (χ3v) is 5.61. The van der Waals surface area contributed by atoms with E-state index in [0.29, 0.717) is 0 Å². The van der Waals surface area contributed by atoms with Crippen molar-refractivity contribution in [2.24, 2.45) is 0 Å². The van der Waals surface area contributed by atoms with Gasteiger partial charge in [0.2, 0.25) is 0 Å². The molecule has 0 unspecified atom stereocenters. The molecule has 7 heteroatoms. The molecule has 0 atom stereocenters. The van der Waals surface area contributed by atoms with Crippen molar-refractivity contribution in [2.75, 3.05) is 51.9 Å². The highest BCUT2D eigenvalue weighted by atomic mass is 35.5. The van der Waals surface area contributed by atoms with Crippen molar-refractivity contribution in [3.63, 3.8) is 0 Å². The predicted octanol–water partition coefficient (Wildman–Crippen LogP) is 4.64. The van der Waals surface area contributed by atoms with Gasteiger partial charge in [-0.1, -0.05) is 36.4 Å². The van der Waals surface area contributed by atoms with Crippen LogP contribution in [0.5, 0.6) is 11.5 Å². The van der Waals surface area contributed by atoms with Gasteiger partial charge >= 0.3 is 0 Å². The van der Waals surface area contributed by atoms with Crippen LogP contribution in [0.1, 0.15) is 17.5 Å². The summed E-state index contributed by atoms with van der Waals surface area (Å²) in [6.07, 6.45) is 3.33. The average Bonchev–Trinajstić information content (AvgIpc) is 2.75. The second-order valence-electron chi connectivity index (χ2n) is 6.64. The zero-order valence-electron chi connectivity index (χ0n) is 18.0. The Morgan fingerprint density at radius 3 is 2.07 bits per heavy atom. The van der Waals surface area contributed by atoms with Crippen LogP contribution in [-0.2, 0) is 12.8 Å². The van der Waals surface area contributed by atoms with Crippen molar-refractivity contribution in [1.82, 2.24) is 10.6 Å². The first-order valence-corrected chi connectivity index (χ1v) is 11.2. The topological polar surface area (TPSA) is 42.5 Å². The van der Waals surface area contributed by atoms with Crippen LogP contribution in [0.3, 0.4) is 0 Å². The Hall–Kier alpha value is -1.11. The number of thioether (sulfide) groups is 1. The summed E-state index contributed by atoms with van der Waals surface area (Å²) < 4.78 is 10.6. The van der Waals surface area contributed by atoms with Gasteiger partial charge in [-0.2, -0.15) is 11.8 Å². The van der Waals surface area contributed by atoms with Gasteiger partial charge in [-0.3, -0.25) is 0 Å². The molecule has 0 aromatic heterocycles. The molecule has 0 fully saturated rings. The Morgan fingerprint density at radius 1 is 0.700 bits per heavy atom. The minimum atomic E-state index is 0. The van der Waals surface area contributed by atoms with Gasteiger partial charge in [-0.05, 0) is 67.9 Å². The molecule has 0 saturated heterocycles. The largest absolute Gasteiger partial charge is 0.493 e. The second-order valence-corrected chi connectivity index (χ2v) is 7.87. The van der Waals surface area contributed by atoms with E-state index in [1.807, 2.05) is 17.8 Å². The molecule has 0 heterocycles.